The average Bonchev–Trinajstić information content (AvgIpc) is 2.64. The summed E-state index contributed by atoms with van der Waals surface area (Å²) in [5.74, 6) is -0.883. The number of ether oxygens (including phenoxy) is 1. The van der Waals surface area contributed by atoms with Crippen LogP contribution in [0.15, 0.2) is 42.5 Å². The number of nitrogens with two attached hydrogens (primary N) is 1. The largest absolute Gasteiger partial charge is 0.496 e. The molecule has 0 spiro atoms. The van der Waals surface area contributed by atoms with E-state index in [4.69, 9.17) is 20.4 Å². The van der Waals surface area contributed by atoms with Crippen LogP contribution in [0.3, 0.4) is 0 Å². The Kier molecular flexibility index (Phi) is 8.65. The van der Waals surface area contributed by atoms with Crippen molar-refractivity contribution >= 4 is 11.9 Å². The Labute approximate surface area is 166 Å². The van der Waals surface area contributed by atoms with E-state index in [0.29, 0.717) is 23.4 Å². The van der Waals surface area contributed by atoms with Gasteiger partial charge in [-0.1, -0.05) is 12.1 Å². The van der Waals surface area contributed by atoms with E-state index in [1.807, 2.05) is 0 Å². The molecule has 0 saturated heterocycles. The summed E-state index contributed by atoms with van der Waals surface area (Å²) in [7, 11) is 1.38. The van der Waals surface area contributed by atoms with E-state index in [1.54, 1.807) is 25.1 Å². The fraction of sp³-hybridized carbons (Fsp3) is 0.300. The topological polar surface area (TPSA) is 102 Å². The first kappa shape index (κ1) is 24.0. The number of carboxylic acids is 1. The molecule has 2 rings (SSSR count). The lowest BCUT2D eigenvalue weighted by Gasteiger charge is -2.14. The van der Waals surface area contributed by atoms with E-state index < -0.39 is 17.7 Å². The number of alkyl halides is 3. The van der Waals surface area contributed by atoms with Gasteiger partial charge in [-0.2, -0.15) is 13.2 Å². The van der Waals surface area contributed by atoms with Crippen LogP contribution < -0.4 is 15.8 Å². The highest BCUT2D eigenvalue weighted by Gasteiger charge is 2.31. The number of hydrogen-bond donors (Lipinski definition) is 3. The minimum absolute atomic E-state index is 0.198. The molecule has 9 heteroatoms. The van der Waals surface area contributed by atoms with Gasteiger partial charge in [0.2, 0.25) is 0 Å². The van der Waals surface area contributed by atoms with Crippen molar-refractivity contribution in [1.29, 1.82) is 0 Å². The van der Waals surface area contributed by atoms with Crippen molar-refractivity contribution in [2.75, 3.05) is 13.7 Å². The van der Waals surface area contributed by atoms with Gasteiger partial charge in [0.25, 0.3) is 11.9 Å². The average molecular weight is 412 g/mol. The highest BCUT2D eigenvalue weighted by Crippen LogP contribution is 2.37. The lowest BCUT2D eigenvalue weighted by Crippen LogP contribution is -2.35. The number of halogens is 3. The monoisotopic (exact) mass is 412 g/mol. The number of amides is 1. The van der Waals surface area contributed by atoms with Crippen molar-refractivity contribution in [1.82, 2.24) is 5.32 Å². The highest BCUT2D eigenvalue weighted by molar-refractivity contribution is 5.95. The molecule has 2 aromatic carbocycles. The molecule has 0 radical (unpaired) electrons. The number of nitrogens with one attached hydrogen (secondary N) is 1. The molecule has 2 aromatic rings. The van der Waals surface area contributed by atoms with E-state index in [1.165, 1.54) is 19.2 Å². The van der Waals surface area contributed by atoms with Crippen molar-refractivity contribution in [3.8, 4) is 16.9 Å². The molecule has 29 heavy (non-hydrogen) atoms. The third-order valence-electron chi connectivity index (χ3n) is 3.55. The summed E-state index contributed by atoms with van der Waals surface area (Å²) >= 11 is 0. The number of benzene rings is 2. The van der Waals surface area contributed by atoms with Crippen LogP contribution in [0.4, 0.5) is 13.2 Å². The molecule has 0 aromatic heterocycles. The quantitative estimate of drug-likeness (QED) is 0.697. The Morgan fingerprint density at radius 3 is 2.34 bits per heavy atom. The van der Waals surface area contributed by atoms with Crippen LogP contribution in [0.25, 0.3) is 11.1 Å². The molecule has 158 valence electrons. The van der Waals surface area contributed by atoms with E-state index in [0.717, 1.165) is 19.1 Å². The van der Waals surface area contributed by atoms with Crippen molar-refractivity contribution in [2.24, 2.45) is 5.73 Å². The molecule has 0 saturated carbocycles. The summed E-state index contributed by atoms with van der Waals surface area (Å²) in [6.07, 6.45) is -4.47. The number of aliphatic carboxylic acids is 1. The normalized spacial score (nSPS) is 11.7. The molecule has 0 aliphatic carbocycles. The Bertz CT molecular complexity index is 848. The van der Waals surface area contributed by atoms with Gasteiger partial charge in [-0.3, -0.25) is 9.59 Å². The van der Waals surface area contributed by atoms with Crippen LogP contribution >= 0.6 is 0 Å². The molecule has 0 bridgehead atoms. The number of hydrogen-bond acceptors (Lipinski definition) is 4. The number of carbonyl (C=O) groups is 2. The van der Waals surface area contributed by atoms with Crippen LogP contribution in [-0.2, 0) is 11.0 Å². The summed E-state index contributed by atoms with van der Waals surface area (Å²) in [6, 6.07) is 9.38. The fourth-order valence-corrected chi connectivity index (χ4v) is 2.29. The van der Waals surface area contributed by atoms with Crippen LogP contribution in [0.2, 0.25) is 0 Å². The number of carboxylic acid groups (broad SMARTS) is 1. The molecule has 0 aliphatic heterocycles. The summed E-state index contributed by atoms with van der Waals surface area (Å²) in [5, 5.41) is 10.1. The van der Waals surface area contributed by atoms with Gasteiger partial charge in [-0.25, -0.2) is 0 Å². The van der Waals surface area contributed by atoms with Crippen LogP contribution in [-0.4, -0.2) is 36.7 Å². The van der Waals surface area contributed by atoms with E-state index in [2.05, 4.69) is 5.32 Å². The van der Waals surface area contributed by atoms with Gasteiger partial charge >= 0.3 is 6.18 Å². The minimum Gasteiger partial charge on any atom is -0.496 e. The van der Waals surface area contributed by atoms with Crippen molar-refractivity contribution in [3.05, 3.63) is 53.6 Å². The maximum atomic E-state index is 13.0. The zero-order valence-corrected chi connectivity index (χ0v) is 16.2. The fourth-order valence-electron chi connectivity index (χ4n) is 2.29. The van der Waals surface area contributed by atoms with Gasteiger partial charge < -0.3 is 20.9 Å². The number of rotatable bonds is 5. The van der Waals surface area contributed by atoms with Crippen molar-refractivity contribution in [3.63, 3.8) is 0 Å². The van der Waals surface area contributed by atoms with E-state index in [-0.39, 0.29) is 17.5 Å². The third kappa shape index (κ3) is 7.82. The lowest BCUT2D eigenvalue weighted by molar-refractivity contribution is -0.137. The molecule has 0 unspecified atom stereocenters. The highest BCUT2D eigenvalue weighted by atomic mass is 19.4. The Balaban J connectivity index is 0.000000960. The molecule has 0 fully saturated rings. The predicted octanol–water partition coefficient (Wildman–Crippen LogP) is 3.55. The summed E-state index contributed by atoms with van der Waals surface area (Å²) in [4.78, 5) is 21.1. The third-order valence-corrected chi connectivity index (χ3v) is 3.55. The van der Waals surface area contributed by atoms with Crippen molar-refractivity contribution in [2.45, 2.75) is 26.1 Å². The minimum atomic E-state index is -4.47. The molecule has 6 nitrogen and oxygen atoms in total. The second kappa shape index (κ2) is 10.5. The van der Waals surface area contributed by atoms with Crippen LogP contribution in [0.5, 0.6) is 5.75 Å². The van der Waals surface area contributed by atoms with Gasteiger partial charge in [0.05, 0.1) is 12.7 Å². The molecule has 1 atom stereocenters. The second-order valence-corrected chi connectivity index (χ2v) is 6.20. The second-order valence-electron chi connectivity index (χ2n) is 6.20. The smallest absolute Gasteiger partial charge is 0.416 e. The predicted molar refractivity (Wildman–Crippen MR) is 103 cm³/mol. The summed E-state index contributed by atoms with van der Waals surface area (Å²) in [5.41, 5.74) is 5.86. The van der Waals surface area contributed by atoms with Gasteiger partial charge in [-0.15, -0.1) is 0 Å². The summed E-state index contributed by atoms with van der Waals surface area (Å²) < 4.78 is 44.1. The standard InChI is InChI=1S/C18H19F3N2O2.C2H4O2/c1-11(22)10-23-17(24)13-5-3-4-12(8-13)15-9-14(18(19,20)21)6-7-16(15)25-2;1-2(3)4/h3-9,11H,10,22H2,1-2H3,(H,23,24);1H3,(H,3,4)/t11-;/m0./s1. The number of methoxy groups -OCH3 is 1. The molecule has 0 heterocycles. The first-order chi connectivity index (χ1) is 13.5. The van der Waals surface area contributed by atoms with E-state index in [9.17, 15) is 18.0 Å². The first-order valence-corrected chi connectivity index (χ1v) is 8.54. The molecule has 4 N–H and O–H groups in total. The maximum absolute atomic E-state index is 13.0. The SMILES string of the molecule is CC(=O)O.COc1ccc(C(F)(F)F)cc1-c1cccc(C(=O)NC[C@H](C)N)c1. The Hall–Kier alpha value is -3.07. The molecule has 1 amide bonds. The van der Waals surface area contributed by atoms with Gasteiger partial charge in [0.1, 0.15) is 5.75 Å². The Morgan fingerprint density at radius 1 is 1.21 bits per heavy atom. The van der Waals surface area contributed by atoms with Gasteiger partial charge in [0, 0.05) is 30.6 Å². The maximum Gasteiger partial charge on any atom is 0.416 e. The summed E-state index contributed by atoms with van der Waals surface area (Å²) in [6.45, 7) is 3.14. The van der Waals surface area contributed by atoms with Gasteiger partial charge in [-0.05, 0) is 42.8 Å². The Morgan fingerprint density at radius 2 is 1.83 bits per heavy atom. The zero-order valence-electron chi connectivity index (χ0n) is 16.2. The number of carbonyl (C=O) groups excluding carboxylic acids is 1. The first-order valence-electron chi connectivity index (χ1n) is 8.54. The van der Waals surface area contributed by atoms with Crippen LogP contribution in [0.1, 0.15) is 29.8 Å². The lowest BCUT2D eigenvalue weighted by atomic mass is 9.99. The molecular weight excluding hydrogens is 389 g/mol. The van der Waals surface area contributed by atoms with Crippen LogP contribution in [0, 0.1) is 0 Å². The molecule has 0 aliphatic rings. The van der Waals surface area contributed by atoms with Gasteiger partial charge in [0.15, 0.2) is 0 Å². The molecular formula is C20H23F3N2O4. The van der Waals surface area contributed by atoms with Crippen molar-refractivity contribution < 1.29 is 32.6 Å². The zero-order chi connectivity index (χ0) is 22.2. The van der Waals surface area contributed by atoms with E-state index >= 15 is 0 Å².